The summed E-state index contributed by atoms with van der Waals surface area (Å²) in [6, 6.07) is 4.31. The second-order valence-corrected chi connectivity index (χ2v) is 10.2. The Labute approximate surface area is 202 Å². The lowest BCUT2D eigenvalue weighted by Gasteiger charge is -2.31. The van der Waals surface area contributed by atoms with Crippen molar-refractivity contribution in [1.82, 2.24) is 4.90 Å². The van der Waals surface area contributed by atoms with E-state index in [0.29, 0.717) is 29.7 Å². The molecule has 5 nitrogen and oxygen atoms in total. The molecule has 6 heteroatoms. The molecule has 1 aromatic rings. The Morgan fingerprint density at radius 3 is 2.52 bits per heavy atom. The molecule has 4 rings (SSSR count). The Morgan fingerprint density at radius 1 is 1.15 bits per heavy atom. The van der Waals surface area contributed by atoms with Gasteiger partial charge in [-0.3, -0.25) is 14.7 Å². The number of ether oxygens (including phenoxy) is 1. The van der Waals surface area contributed by atoms with Gasteiger partial charge in [0.2, 0.25) is 0 Å². The van der Waals surface area contributed by atoms with Crippen molar-refractivity contribution >= 4 is 28.9 Å². The number of hydrogen-bond donors (Lipinski definition) is 1. The minimum atomic E-state index is 0.0674. The van der Waals surface area contributed by atoms with Crippen molar-refractivity contribution < 1.29 is 14.6 Å². The molecular weight excluding hydrogens is 432 g/mol. The molecule has 1 aliphatic heterocycles. The van der Waals surface area contributed by atoms with Gasteiger partial charge in [0, 0.05) is 11.6 Å². The Bertz CT molecular complexity index is 928. The molecule has 3 fully saturated rings. The van der Waals surface area contributed by atoms with Gasteiger partial charge >= 0.3 is 0 Å². The van der Waals surface area contributed by atoms with Crippen molar-refractivity contribution in [3.8, 4) is 11.5 Å². The van der Waals surface area contributed by atoms with E-state index in [-0.39, 0.29) is 17.7 Å². The first-order chi connectivity index (χ1) is 16.1. The zero-order valence-electron chi connectivity index (χ0n) is 19.7. The quantitative estimate of drug-likeness (QED) is 0.369. The summed E-state index contributed by atoms with van der Waals surface area (Å²) in [5, 5.41) is 11.4. The molecule has 2 aliphatic carbocycles. The number of carbonyl (C=O) groups is 1. The number of amides is 1. The number of rotatable bonds is 7. The number of phenolic OH excluding ortho intramolecular Hbond substituents is 1. The predicted octanol–water partition coefficient (Wildman–Crippen LogP) is 6.46. The summed E-state index contributed by atoms with van der Waals surface area (Å²) in [5.74, 6) is 0.657. The van der Waals surface area contributed by atoms with Crippen molar-refractivity contribution in [2.24, 2.45) is 4.99 Å². The van der Waals surface area contributed by atoms with Crippen LogP contribution in [0.4, 0.5) is 0 Å². The summed E-state index contributed by atoms with van der Waals surface area (Å²) in [6.07, 6.45) is 15.9. The molecule has 178 valence electrons. The second kappa shape index (κ2) is 11.3. The first-order valence-electron chi connectivity index (χ1n) is 12.5. The molecule has 1 saturated heterocycles. The third-order valence-corrected chi connectivity index (χ3v) is 7.78. The van der Waals surface area contributed by atoms with Crippen LogP contribution in [0, 0.1) is 0 Å². The minimum Gasteiger partial charge on any atom is -0.504 e. The van der Waals surface area contributed by atoms with E-state index < -0.39 is 0 Å². The lowest BCUT2D eigenvalue weighted by Crippen LogP contribution is -2.41. The monoisotopic (exact) mass is 468 g/mol. The van der Waals surface area contributed by atoms with Gasteiger partial charge in [-0.05, 0) is 74.6 Å². The fourth-order valence-electron chi connectivity index (χ4n) is 5.10. The molecule has 33 heavy (non-hydrogen) atoms. The summed E-state index contributed by atoms with van der Waals surface area (Å²) in [6.45, 7) is 6.15. The molecule has 1 heterocycles. The molecule has 1 amide bonds. The van der Waals surface area contributed by atoms with Gasteiger partial charge in [0.15, 0.2) is 16.7 Å². The van der Waals surface area contributed by atoms with E-state index >= 15 is 0 Å². The normalized spacial score (nSPS) is 22.9. The lowest BCUT2D eigenvalue weighted by molar-refractivity contribution is -0.124. The Morgan fingerprint density at radius 2 is 1.85 bits per heavy atom. The topological polar surface area (TPSA) is 62.1 Å². The summed E-state index contributed by atoms with van der Waals surface area (Å²) < 4.78 is 5.65. The number of benzene rings is 1. The van der Waals surface area contributed by atoms with Gasteiger partial charge in [-0.15, -0.1) is 6.58 Å². The van der Waals surface area contributed by atoms with Crippen molar-refractivity contribution in [3.63, 3.8) is 0 Å². The average Bonchev–Trinajstić information content (AvgIpc) is 3.12. The largest absolute Gasteiger partial charge is 0.504 e. The van der Waals surface area contributed by atoms with E-state index in [1.165, 1.54) is 50.3 Å². The van der Waals surface area contributed by atoms with E-state index in [4.69, 9.17) is 9.73 Å². The molecule has 0 atom stereocenters. The molecule has 0 unspecified atom stereocenters. The van der Waals surface area contributed by atoms with Crippen LogP contribution in [0.15, 0.2) is 34.7 Å². The van der Waals surface area contributed by atoms with Crippen LogP contribution in [0.1, 0.15) is 82.3 Å². The van der Waals surface area contributed by atoms with Crippen molar-refractivity contribution in [2.45, 2.75) is 89.6 Å². The highest BCUT2D eigenvalue weighted by molar-refractivity contribution is 8.18. The fraction of sp³-hybridized carbons (Fsp3) is 0.556. The van der Waals surface area contributed by atoms with Crippen LogP contribution in [0.25, 0.3) is 6.08 Å². The molecule has 0 aromatic heterocycles. The minimum absolute atomic E-state index is 0.0674. The molecule has 3 aliphatic rings. The molecule has 1 aromatic carbocycles. The van der Waals surface area contributed by atoms with Crippen LogP contribution in [0.5, 0.6) is 11.5 Å². The van der Waals surface area contributed by atoms with Crippen LogP contribution in [-0.4, -0.2) is 39.8 Å². The van der Waals surface area contributed by atoms with E-state index in [1.807, 2.05) is 30.0 Å². The van der Waals surface area contributed by atoms with Gasteiger partial charge in [-0.2, -0.15) is 0 Å². The number of aliphatic imine (C=N–C) groups is 1. The summed E-state index contributed by atoms with van der Waals surface area (Å²) in [5.41, 5.74) is 1.60. The van der Waals surface area contributed by atoms with Crippen LogP contribution >= 0.6 is 11.8 Å². The maximum absolute atomic E-state index is 13.6. The van der Waals surface area contributed by atoms with E-state index in [0.717, 1.165) is 42.0 Å². The number of amidine groups is 1. The van der Waals surface area contributed by atoms with Crippen LogP contribution < -0.4 is 4.74 Å². The summed E-state index contributed by atoms with van der Waals surface area (Å²) >= 11 is 1.52. The first kappa shape index (κ1) is 23.9. The zero-order chi connectivity index (χ0) is 23.2. The third-order valence-electron chi connectivity index (χ3n) is 6.78. The van der Waals surface area contributed by atoms with Crippen LogP contribution in [0.3, 0.4) is 0 Å². The highest BCUT2D eigenvalue weighted by Crippen LogP contribution is 2.40. The number of aromatic hydroxyl groups is 1. The highest BCUT2D eigenvalue weighted by Gasteiger charge is 2.39. The number of thioether (sulfide) groups is 1. The Balaban J connectivity index is 1.67. The van der Waals surface area contributed by atoms with Crippen LogP contribution in [-0.2, 0) is 11.2 Å². The number of phenols is 1. The number of allylic oxidation sites excluding steroid dienone is 1. The van der Waals surface area contributed by atoms with Crippen molar-refractivity contribution in [1.29, 1.82) is 0 Å². The van der Waals surface area contributed by atoms with E-state index in [9.17, 15) is 9.90 Å². The molecule has 0 bridgehead atoms. The molecule has 2 saturated carbocycles. The number of hydrogen-bond acceptors (Lipinski definition) is 5. The van der Waals surface area contributed by atoms with Gasteiger partial charge in [0.1, 0.15) is 0 Å². The van der Waals surface area contributed by atoms with Gasteiger partial charge in [0.05, 0.1) is 17.6 Å². The number of nitrogens with zero attached hydrogens (tertiary/aromatic N) is 2. The van der Waals surface area contributed by atoms with Gasteiger partial charge in [0.25, 0.3) is 5.91 Å². The lowest BCUT2D eigenvalue weighted by atomic mass is 9.94. The summed E-state index contributed by atoms with van der Waals surface area (Å²) in [7, 11) is 0. The van der Waals surface area contributed by atoms with E-state index in [2.05, 4.69) is 6.58 Å². The number of carbonyl (C=O) groups excluding carboxylic acids is 1. The van der Waals surface area contributed by atoms with Gasteiger partial charge in [-0.1, -0.05) is 44.6 Å². The Hall–Kier alpha value is -2.21. The fourth-order valence-corrected chi connectivity index (χ4v) is 6.21. The smallest absolute Gasteiger partial charge is 0.266 e. The average molecular weight is 469 g/mol. The van der Waals surface area contributed by atoms with Gasteiger partial charge in [-0.25, -0.2) is 0 Å². The maximum Gasteiger partial charge on any atom is 0.266 e. The SMILES string of the molecule is C=CCc1cc(/C=C2\SC(=NC3CCCCC3)N(C3CCCCC3)C2=O)cc(OCC)c1O. The zero-order valence-corrected chi connectivity index (χ0v) is 20.5. The second-order valence-electron chi connectivity index (χ2n) is 9.23. The Kier molecular flexibility index (Phi) is 8.18. The third kappa shape index (κ3) is 5.65. The molecular formula is C27H36N2O3S. The highest BCUT2D eigenvalue weighted by atomic mass is 32.2. The standard InChI is InChI=1S/C27H36N2O3S/c1-3-11-20-16-19(17-23(25(20)30)32-4-2)18-24-26(31)29(22-14-9-6-10-15-22)27(33-24)28-21-12-7-5-8-13-21/h3,16-18,21-22,30H,1,4-15H2,2H3/b24-18-,28-27?. The van der Waals surface area contributed by atoms with Crippen molar-refractivity contribution in [3.05, 3.63) is 40.8 Å². The molecule has 1 N–H and O–H groups in total. The van der Waals surface area contributed by atoms with Crippen LogP contribution in [0.2, 0.25) is 0 Å². The molecule has 0 radical (unpaired) electrons. The predicted molar refractivity (Wildman–Crippen MR) is 137 cm³/mol. The van der Waals surface area contributed by atoms with E-state index in [1.54, 1.807) is 6.08 Å². The van der Waals surface area contributed by atoms with Crippen molar-refractivity contribution in [2.75, 3.05) is 6.61 Å². The first-order valence-corrected chi connectivity index (χ1v) is 13.3. The van der Waals surface area contributed by atoms with Gasteiger partial charge < -0.3 is 9.84 Å². The summed E-state index contributed by atoms with van der Waals surface area (Å²) in [4.78, 5) is 21.4. The molecule has 0 spiro atoms. The maximum atomic E-state index is 13.6.